The Morgan fingerprint density at radius 1 is 1.32 bits per heavy atom. The van der Waals surface area contributed by atoms with E-state index in [0.717, 1.165) is 0 Å². The Morgan fingerprint density at radius 3 is 2.52 bits per heavy atom. The van der Waals surface area contributed by atoms with Gasteiger partial charge in [0.2, 0.25) is 10.0 Å². The molecule has 1 aliphatic heterocycles. The van der Waals surface area contributed by atoms with E-state index in [2.05, 4.69) is 15.9 Å². The minimum atomic E-state index is -3.79. The molecule has 0 radical (unpaired) electrons. The first kappa shape index (κ1) is 20.2. The Kier molecular flexibility index (Phi) is 6.13. The molecule has 140 valence electrons. The van der Waals surface area contributed by atoms with Gasteiger partial charge in [0.05, 0.1) is 17.5 Å². The second kappa shape index (κ2) is 7.61. The highest BCUT2D eigenvalue weighted by Crippen LogP contribution is 2.27. The van der Waals surface area contributed by atoms with Gasteiger partial charge in [0.25, 0.3) is 0 Å². The summed E-state index contributed by atoms with van der Waals surface area (Å²) >= 11 is 3.26. The Hall–Kier alpha value is -1.16. The quantitative estimate of drug-likeness (QED) is 0.786. The lowest BCUT2D eigenvalue weighted by Gasteiger charge is -2.40. The SMILES string of the molecule is CC(C)(C)OC(=O)N1CCN(S(=O)(=O)c2ccccc2Br)[C@@H](CO)C1. The number of carbonyl (C=O) groups is 1. The first-order valence-electron chi connectivity index (χ1n) is 7.91. The van der Waals surface area contributed by atoms with Gasteiger partial charge in [0.15, 0.2) is 0 Å². The highest BCUT2D eigenvalue weighted by molar-refractivity contribution is 9.10. The predicted octanol–water partition coefficient (Wildman–Crippen LogP) is 2.05. The molecule has 1 aromatic carbocycles. The van der Waals surface area contributed by atoms with E-state index in [0.29, 0.717) is 4.47 Å². The number of sulfonamides is 1. The van der Waals surface area contributed by atoms with E-state index in [1.54, 1.807) is 39.0 Å². The Morgan fingerprint density at radius 2 is 1.96 bits per heavy atom. The number of aliphatic hydroxyl groups excluding tert-OH is 1. The number of ether oxygens (including phenoxy) is 1. The number of rotatable bonds is 3. The lowest BCUT2D eigenvalue weighted by atomic mass is 10.2. The second-order valence-electron chi connectivity index (χ2n) is 6.81. The number of nitrogens with zero attached hydrogens (tertiary/aromatic N) is 2. The van der Waals surface area contributed by atoms with Crippen molar-refractivity contribution in [1.29, 1.82) is 0 Å². The predicted molar refractivity (Wildman–Crippen MR) is 96.7 cm³/mol. The molecule has 1 fully saturated rings. The summed E-state index contributed by atoms with van der Waals surface area (Å²) in [5.41, 5.74) is -0.635. The van der Waals surface area contributed by atoms with Crippen molar-refractivity contribution in [3.8, 4) is 0 Å². The van der Waals surface area contributed by atoms with Crippen LogP contribution in [0.4, 0.5) is 4.79 Å². The number of halogens is 1. The van der Waals surface area contributed by atoms with Crippen LogP contribution in [0.1, 0.15) is 20.8 Å². The molecular weight excluding hydrogens is 412 g/mol. The second-order valence-corrected chi connectivity index (χ2v) is 9.52. The minimum Gasteiger partial charge on any atom is -0.444 e. The lowest BCUT2D eigenvalue weighted by molar-refractivity contribution is 0.00882. The van der Waals surface area contributed by atoms with Gasteiger partial charge in [-0.15, -0.1) is 0 Å². The summed E-state index contributed by atoms with van der Waals surface area (Å²) in [6.07, 6.45) is -0.510. The van der Waals surface area contributed by atoms with Gasteiger partial charge in [0.1, 0.15) is 5.60 Å². The van der Waals surface area contributed by atoms with Crippen molar-refractivity contribution in [2.45, 2.75) is 37.3 Å². The van der Waals surface area contributed by atoms with E-state index in [9.17, 15) is 18.3 Å². The van der Waals surface area contributed by atoms with Gasteiger partial charge < -0.3 is 14.7 Å². The Bertz CT molecular complexity index is 732. The molecule has 1 N–H and O–H groups in total. The number of hydrogen-bond donors (Lipinski definition) is 1. The van der Waals surface area contributed by atoms with Gasteiger partial charge in [-0.3, -0.25) is 0 Å². The lowest BCUT2D eigenvalue weighted by Crippen LogP contribution is -2.58. The molecule has 7 nitrogen and oxygen atoms in total. The maximum Gasteiger partial charge on any atom is 0.410 e. The number of amides is 1. The van der Waals surface area contributed by atoms with Crippen molar-refractivity contribution in [2.24, 2.45) is 0 Å². The molecule has 25 heavy (non-hydrogen) atoms. The van der Waals surface area contributed by atoms with Crippen molar-refractivity contribution in [3.05, 3.63) is 28.7 Å². The third kappa shape index (κ3) is 4.72. The van der Waals surface area contributed by atoms with E-state index in [4.69, 9.17) is 4.74 Å². The Balaban J connectivity index is 2.20. The topological polar surface area (TPSA) is 87.2 Å². The van der Waals surface area contributed by atoms with Gasteiger partial charge in [-0.25, -0.2) is 13.2 Å². The van der Waals surface area contributed by atoms with Crippen molar-refractivity contribution >= 4 is 32.0 Å². The van der Waals surface area contributed by atoms with Crippen molar-refractivity contribution in [1.82, 2.24) is 9.21 Å². The molecular formula is C16H23BrN2O5S. The monoisotopic (exact) mass is 434 g/mol. The van der Waals surface area contributed by atoms with Crippen LogP contribution in [-0.4, -0.2) is 66.7 Å². The van der Waals surface area contributed by atoms with Crippen LogP contribution < -0.4 is 0 Å². The van der Waals surface area contributed by atoms with Crippen molar-refractivity contribution in [2.75, 3.05) is 26.2 Å². The van der Waals surface area contributed by atoms with Gasteiger partial charge in [-0.2, -0.15) is 4.31 Å². The summed E-state index contributed by atoms with van der Waals surface area (Å²) in [5, 5.41) is 9.68. The van der Waals surface area contributed by atoms with Crippen LogP contribution in [0, 0.1) is 0 Å². The summed E-state index contributed by atoms with van der Waals surface area (Å²) in [4.78, 5) is 13.8. The first-order chi connectivity index (χ1) is 11.6. The van der Waals surface area contributed by atoms with Crippen molar-refractivity contribution in [3.63, 3.8) is 0 Å². The van der Waals surface area contributed by atoms with Crippen LogP contribution in [0.15, 0.2) is 33.6 Å². The molecule has 0 aromatic heterocycles. The highest BCUT2D eigenvalue weighted by Gasteiger charge is 2.38. The molecule has 1 amide bonds. The van der Waals surface area contributed by atoms with Crippen LogP contribution in [0.2, 0.25) is 0 Å². The fourth-order valence-corrected chi connectivity index (χ4v) is 5.14. The third-order valence-corrected chi connectivity index (χ3v) is 6.68. The molecule has 1 saturated heterocycles. The van der Waals surface area contributed by atoms with E-state index in [1.807, 2.05) is 0 Å². The molecule has 1 aromatic rings. The zero-order valence-corrected chi connectivity index (χ0v) is 16.9. The van der Waals surface area contributed by atoms with Crippen LogP contribution in [0.25, 0.3) is 0 Å². The number of carbonyl (C=O) groups excluding carboxylic acids is 1. The molecule has 1 aliphatic rings. The van der Waals surface area contributed by atoms with E-state index in [-0.39, 0.29) is 31.1 Å². The molecule has 2 rings (SSSR count). The third-order valence-electron chi connectivity index (χ3n) is 3.71. The molecule has 9 heteroatoms. The minimum absolute atomic E-state index is 0.0785. The maximum atomic E-state index is 12.9. The zero-order valence-electron chi connectivity index (χ0n) is 14.5. The summed E-state index contributed by atoms with van der Waals surface area (Å²) in [6, 6.07) is 5.81. The smallest absolute Gasteiger partial charge is 0.410 e. The van der Waals surface area contributed by atoms with E-state index < -0.39 is 27.8 Å². The Labute approximate surface area is 156 Å². The fraction of sp³-hybridized carbons (Fsp3) is 0.562. The summed E-state index contributed by atoms with van der Waals surface area (Å²) < 4.78 is 32.9. The van der Waals surface area contributed by atoms with Gasteiger partial charge >= 0.3 is 6.09 Å². The number of benzene rings is 1. The standard InChI is InChI=1S/C16H23BrN2O5S/c1-16(2,3)24-15(21)18-8-9-19(12(10-18)11-20)25(22,23)14-7-5-4-6-13(14)17/h4-7,12,20H,8-11H2,1-3H3/t12-/m1/s1. The first-order valence-corrected chi connectivity index (χ1v) is 10.1. The molecule has 0 unspecified atom stereocenters. The summed E-state index contributed by atoms with van der Waals surface area (Å²) in [6.45, 7) is 5.29. The van der Waals surface area contributed by atoms with Gasteiger partial charge in [0, 0.05) is 24.1 Å². The molecule has 0 bridgehead atoms. The van der Waals surface area contributed by atoms with Gasteiger partial charge in [-0.05, 0) is 48.8 Å². The fourth-order valence-electron chi connectivity index (χ4n) is 2.58. The van der Waals surface area contributed by atoms with Crippen LogP contribution >= 0.6 is 15.9 Å². The normalized spacial score (nSPS) is 19.7. The maximum absolute atomic E-state index is 12.9. The largest absolute Gasteiger partial charge is 0.444 e. The average Bonchev–Trinajstić information content (AvgIpc) is 2.52. The van der Waals surface area contributed by atoms with Crippen LogP contribution in [-0.2, 0) is 14.8 Å². The molecule has 0 aliphatic carbocycles. The summed E-state index contributed by atoms with van der Waals surface area (Å²) in [5.74, 6) is 0. The average molecular weight is 435 g/mol. The van der Waals surface area contributed by atoms with Crippen LogP contribution in [0.5, 0.6) is 0 Å². The van der Waals surface area contributed by atoms with E-state index >= 15 is 0 Å². The zero-order chi connectivity index (χ0) is 18.8. The molecule has 1 heterocycles. The summed E-state index contributed by atoms with van der Waals surface area (Å²) in [7, 11) is -3.79. The van der Waals surface area contributed by atoms with Crippen molar-refractivity contribution < 1.29 is 23.1 Å². The van der Waals surface area contributed by atoms with Crippen LogP contribution in [0.3, 0.4) is 0 Å². The van der Waals surface area contributed by atoms with E-state index in [1.165, 1.54) is 15.3 Å². The highest BCUT2D eigenvalue weighted by atomic mass is 79.9. The van der Waals surface area contributed by atoms with Gasteiger partial charge in [-0.1, -0.05) is 12.1 Å². The number of piperazine rings is 1. The molecule has 0 saturated carbocycles. The molecule has 1 atom stereocenters. The number of hydrogen-bond acceptors (Lipinski definition) is 5. The molecule has 0 spiro atoms. The number of aliphatic hydroxyl groups is 1.